The molecule has 4 heteroatoms. The van der Waals surface area contributed by atoms with Gasteiger partial charge in [-0.3, -0.25) is 0 Å². The predicted octanol–water partition coefficient (Wildman–Crippen LogP) is 3.78. The number of fused-ring (bicyclic) bond motifs is 1. The molecule has 3 rings (SSSR count). The first-order chi connectivity index (χ1) is 10.3. The molecule has 0 radical (unpaired) electrons. The van der Waals surface area contributed by atoms with Crippen LogP contribution in [-0.4, -0.2) is 20.3 Å². The molecular formula is C17H21NO2S. The van der Waals surface area contributed by atoms with Crippen LogP contribution < -0.4 is 14.8 Å². The van der Waals surface area contributed by atoms with Crippen LogP contribution >= 0.6 is 11.3 Å². The van der Waals surface area contributed by atoms with E-state index < -0.39 is 0 Å². The lowest BCUT2D eigenvalue weighted by Gasteiger charge is -2.18. The Morgan fingerprint density at radius 3 is 3.05 bits per heavy atom. The lowest BCUT2D eigenvalue weighted by atomic mass is 10.0. The molecule has 0 saturated carbocycles. The van der Waals surface area contributed by atoms with Crippen LogP contribution in [0.5, 0.6) is 11.5 Å². The van der Waals surface area contributed by atoms with Gasteiger partial charge in [0.15, 0.2) is 0 Å². The van der Waals surface area contributed by atoms with E-state index in [-0.39, 0.29) is 6.04 Å². The number of ether oxygens (including phenoxy) is 2. The van der Waals surface area contributed by atoms with Crippen molar-refractivity contribution in [2.75, 3.05) is 20.3 Å². The van der Waals surface area contributed by atoms with E-state index in [1.807, 2.05) is 0 Å². The lowest BCUT2D eigenvalue weighted by molar-refractivity contribution is 0.357. The normalized spacial score (nSPS) is 14.6. The van der Waals surface area contributed by atoms with E-state index in [0.29, 0.717) is 0 Å². The fourth-order valence-corrected chi connectivity index (χ4v) is 3.61. The monoisotopic (exact) mass is 303 g/mol. The molecule has 1 aromatic heterocycles. The van der Waals surface area contributed by atoms with Gasteiger partial charge in [-0.15, -0.1) is 11.3 Å². The summed E-state index contributed by atoms with van der Waals surface area (Å²) in [5.74, 6) is 1.97. The van der Waals surface area contributed by atoms with Gasteiger partial charge >= 0.3 is 0 Å². The van der Waals surface area contributed by atoms with Crippen molar-refractivity contribution < 1.29 is 9.47 Å². The SMILES string of the molecule is CCCNC(c1ccc2c(c1)CCO2)c1cc(OC)cs1. The smallest absolute Gasteiger partial charge is 0.129 e. The Bertz CT molecular complexity index is 609. The fraction of sp³-hybridized carbons (Fsp3) is 0.412. The van der Waals surface area contributed by atoms with Crippen molar-refractivity contribution >= 4 is 11.3 Å². The molecule has 1 aromatic carbocycles. The Balaban J connectivity index is 1.91. The first kappa shape index (κ1) is 14.4. The van der Waals surface area contributed by atoms with Crippen molar-refractivity contribution in [2.45, 2.75) is 25.8 Å². The number of hydrogen-bond donors (Lipinski definition) is 1. The zero-order valence-corrected chi connectivity index (χ0v) is 13.3. The molecule has 1 unspecified atom stereocenters. The summed E-state index contributed by atoms with van der Waals surface area (Å²) in [6.07, 6.45) is 2.13. The zero-order chi connectivity index (χ0) is 14.7. The summed E-state index contributed by atoms with van der Waals surface area (Å²) in [7, 11) is 1.72. The van der Waals surface area contributed by atoms with Gasteiger partial charge in [-0.25, -0.2) is 0 Å². The maximum absolute atomic E-state index is 5.60. The highest BCUT2D eigenvalue weighted by Crippen LogP contribution is 2.34. The Morgan fingerprint density at radius 2 is 2.29 bits per heavy atom. The molecule has 0 saturated heterocycles. The van der Waals surface area contributed by atoms with Crippen LogP contribution in [0.3, 0.4) is 0 Å². The number of nitrogens with one attached hydrogen (secondary N) is 1. The highest BCUT2D eigenvalue weighted by Gasteiger charge is 2.19. The van der Waals surface area contributed by atoms with E-state index in [9.17, 15) is 0 Å². The van der Waals surface area contributed by atoms with Gasteiger partial charge in [0.1, 0.15) is 11.5 Å². The Morgan fingerprint density at radius 1 is 1.38 bits per heavy atom. The molecule has 112 valence electrons. The maximum atomic E-state index is 5.60. The van der Waals surface area contributed by atoms with E-state index in [0.717, 1.165) is 37.5 Å². The number of thiophene rings is 1. The van der Waals surface area contributed by atoms with E-state index in [1.54, 1.807) is 18.4 Å². The summed E-state index contributed by atoms with van der Waals surface area (Å²) in [5, 5.41) is 5.71. The second kappa shape index (κ2) is 6.50. The Labute approximate surface area is 129 Å². The molecule has 0 aliphatic carbocycles. The van der Waals surface area contributed by atoms with Crippen molar-refractivity contribution in [1.82, 2.24) is 5.32 Å². The third-order valence-electron chi connectivity index (χ3n) is 3.76. The molecule has 2 aromatic rings. The predicted molar refractivity (Wildman–Crippen MR) is 86.6 cm³/mol. The van der Waals surface area contributed by atoms with Gasteiger partial charge in [-0.05, 0) is 36.2 Å². The Hall–Kier alpha value is -1.52. The molecule has 21 heavy (non-hydrogen) atoms. The standard InChI is InChI=1S/C17H21NO2S/c1-3-7-18-17(16-10-14(19-2)11-21-16)13-4-5-15-12(9-13)6-8-20-15/h4-5,9-11,17-18H,3,6-8H2,1-2H3. The van der Waals surface area contributed by atoms with Crippen LogP contribution in [0, 0.1) is 0 Å². The van der Waals surface area contributed by atoms with Crippen LogP contribution in [0.15, 0.2) is 29.6 Å². The van der Waals surface area contributed by atoms with Crippen molar-refractivity contribution in [1.29, 1.82) is 0 Å². The van der Waals surface area contributed by atoms with E-state index in [4.69, 9.17) is 9.47 Å². The molecule has 0 bridgehead atoms. The summed E-state index contributed by atoms with van der Waals surface area (Å²) >= 11 is 1.74. The molecule has 0 amide bonds. The first-order valence-corrected chi connectivity index (χ1v) is 8.31. The Kier molecular flexibility index (Phi) is 4.46. The largest absolute Gasteiger partial charge is 0.496 e. The van der Waals surface area contributed by atoms with Crippen molar-refractivity contribution in [3.63, 3.8) is 0 Å². The second-order valence-corrected chi connectivity index (χ2v) is 6.18. The highest BCUT2D eigenvalue weighted by molar-refractivity contribution is 7.10. The summed E-state index contributed by atoms with van der Waals surface area (Å²) in [6.45, 7) is 3.99. The van der Waals surface area contributed by atoms with E-state index >= 15 is 0 Å². The zero-order valence-electron chi connectivity index (χ0n) is 12.5. The summed E-state index contributed by atoms with van der Waals surface area (Å²) in [6, 6.07) is 8.90. The minimum absolute atomic E-state index is 0.227. The summed E-state index contributed by atoms with van der Waals surface area (Å²) < 4.78 is 10.9. The van der Waals surface area contributed by atoms with Crippen LogP contribution in [0.25, 0.3) is 0 Å². The minimum Gasteiger partial charge on any atom is -0.496 e. The average molecular weight is 303 g/mol. The molecule has 1 aliphatic rings. The number of hydrogen-bond acceptors (Lipinski definition) is 4. The molecule has 0 fully saturated rings. The van der Waals surface area contributed by atoms with Crippen molar-refractivity contribution in [3.05, 3.63) is 45.6 Å². The van der Waals surface area contributed by atoms with Gasteiger partial charge in [0.2, 0.25) is 0 Å². The molecular weight excluding hydrogens is 282 g/mol. The van der Waals surface area contributed by atoms with E-state index in [1.165, 1.54) is 16.0 Å². The van der Waals surface area contributed by atoms with Gasteiger partial charge in [-0.1, -0.05) is 19.1 Å². The molecule has 0 spiro atoms. The van der Waals surface area contributed by atoms with Gasteiger partial charge < -0.3 is 14.8 Å². The third-order valence-corrected chi connectivity index (χ3v) is 4.74. The van der Waals surface area contributed by atoms with Crippen LogP contribution in [-0.2, 0) is 6.42 Å². The molecule has 1 atom stereocenters. The highest BCUT2D eigenvalue weighted by atomic mass is 32.1. The molecule has 3 nitrogen and oxygen atoms in total. The summed E-state index contributed by atoms with van der Waals surface area (Å²) in [4.78, 5) is 1.29. The number of benzene rings is 1. The summed E-state index contributed by atoms with van der Waals surface area (Å²) in [5.41, 5.74) is 2.62. The van der Waals surface area contributed by atoms with Crippen molar-refractivity contribution in [3.8, 4) is 11.5 Å². The minimum atomic E-state index is 0.227. The second-order valence-electron chi connectivity index (χ2n) is 5.24. The molecule has 1 aliphatic heterocycles. The fourth-order valence-electron chi connectivity index (χ4n) is 2.65. The van der Waals surface area contributed by atoms with Crippen LogP contribution in [0.4, 0.5) is 0 Å². The number of methoxy groups -OCH3 is 1. The third kappa shape index (κ3) is 3.06. The maximum Gasteiger partial charge on any atom is 0.129 e. The molecule has 1 N–H and O–H groups in total. The van der Waals surface area contributed by atoms with Gasteiger partial charge in [0.25, 0.3) is 0 Å². The van der Waals surface area contributed by atoms with Crippen molar-refractivity contribution in [2.24, 2.45) is 0 Å². The quantitative estimate of drug-likeness (QED) is 0.881. The first-order valence-electron chi connectivity index (χ1n) is 7.43. The molecule has 2 heterocycles. The van der Waals surface area contributed by atoms with Gasteiger partial charge in [-0.2, -0.15) is 0 Å². The lowest BCUT2D eigenvalue weighted by Crippen LogP contribution is -2.22. The van der Waals surface area contributed by atoms with Gasteiger partial charge in [0, 0.05) is 16.7 Å². The average Bonchev–Trinajstić information content (AvgIpc) is 3.16. The van der Waals surface area contributed by atoms with E-state index in [2.05, 4.69) is 41.9 Å². The van der Waals surface area contributed by atoms with Gasteiger partial charge in [0.05, 0.1) is 19.8 Å². The topological polar surface area (TPSA) is 30.5 Å². The van der Waals surface area contributed by atoms with Crippen LogP contribution in [0.2, 0.25) is 0 Å². The van der Waals surface area contributed by atoms with Crippen LogP contribution in [0.1, 0.15) is 35.4 Å². The number of rotatable bonds is 6.